The fourth-order valence-corrected chi connectivity index (χ4v) is 1.96. The quantitative estimate of drug-likeness (QED) is 0.705. The lowest BCUT2D eigenvalue weighted by Crippen LogP contribution is -2.48. The zero-order valence-corrected chi connectivity index (χ0v) is 8.58. The number of rotatable bonds is 3. The summed E-state index contributed by atoms with van der Waals surface area (Å²) >= 11 is 0. The van der Waals surface area contributed by atoms with Gasteiger partial charge in [0.25, 0.3) is 0 Å². The molecule has 0 spiro atoms. The average Bonchev–Trinajstić information content (AvgIpc) is 2.20. The number of nitrogens with one attached hydrogen (secondary N) is 1. The van der Waals surface area contributed by atoms with E-state index in [1.54, 1.807) is 0 Å². The number of likely N-dealkylation sites (tertiary alicyclic amines) is 1. The van der Waals surface area contributed by atoms with Gasteiger partial charge >= 0.3 is 0 Å². The molecule has 3 nitrogen and oxygen atoms in total. The van der Waals surface area contributed by atoms with Crippen LogP contribution in [0.1, 0.15) is 26.2 Å². The van der Waals surface area contributed by atoms with Crippen LogP contribution in [0.4, 0.5) is 0 Å². The first-order valence-corrected chi connectivity index (χ1v) is 5.12. The predicted octanol–water partition coefficient (Wildman–Crippen LogP) is 0.972. The molecule has 1 heterocycles. The van der Waals surface area contributed by atoms with Gasteiger partial charge in [-0.25, -0.2) is 0 Å². The standard InChI is InChI=1S/C10H19N3/c1-3-10(7-11)13-6-4-5-9(8-13)12-2/h9-10,12H,3-6,8H2,1-2H3. The average molecular weight is 181 g/mol. The highest BCUT2D eigenvalue weighted by Gasteiger charge is 2.23. The van der Waals surface area contributed by atoms with Crippen molar-refractivity contribution in [3.63, 3.8) is 0 Å². The van der Waals surface area contributed by atoms with Crippen molar-refractivity contribution in [2.75, 3.05) is 20.1 Å². The van der Waals surface area contributed by atoms with Crippen molar-refractivity contribution in [2.24, 2.45) is 0 Å². The monoisotopic (exact) mass is 181 g/mol. The molecule has 0 aromatic heterocycles. The minimum atomic E-state index is 0.121. The van der Waals surface area contributed by atoms with E-state index in [-0.39, 0.29) is 6.04 Å². The molecule has 1 aliphatic rings. The van der Waals surface area contributed by atoms with E-state index in [2.05, 4.69) is 23.2 Å². The molecule has 74 valence electrons. The second kappa shape index (κ2) is 5.21. The predicted molar refractivity (Wildman–Crippen MR) is 53.3 cm³/mol. The molecule has 0 bridgehead atoms. The van der Waals surface area contributed by atoms with Crippen molar-refractivity contribution in [3.8, 4) is 6.07 Å². The molecule has 2 unspecified atom stereocenters. The van der Waals surface area contributed by atoms with Gasteiger partial charge in [0.15, 0.2) is 0 Å². The van der Waals surface area contributed by atoms with Crippen LogP contribution in [0.2, 0.25) is 0 Å². The number of nitrogens with zero attached hydrogens (tertiary/aromatic N) is 2. The van der Waals surface area contributed by atoms with Gasteiger partial charge < -0.3 is 5.32 Å². The summed E-state index contributed by atoms with van der Waals surface area (Å²) in [4.78, 5) is 2.30. The Balaban J connectivity index is 2.46. The molecule has 1 saturated heterocycles. The summed E-state index contributed by atoms with van der Waals surface area (Å²) in [5.74, 6) is 0. The Labute approximate surface area is 80.7 Å². The van der Waals surface area contributed by atoms with E-state index >= 15 is 0 Å². The van der Waals surface area contributed by atoms with Crippen LogP contribution in [0.15, 0.2) is 0 Å². The highest BCUT2D eigenvalue weighted by molar-refractivity contribution is 4.93. The lowest BCUT2D eigenvalue weighted by molar-refractivity contribution is 0.164. The summed E-state index contributed by atoms with van der Waals surface area (Å²) in [7, 11) is 2.00. The first-order valence-electron chi connectivity index (χ1n) is 5.12. The molecule has 0 aliphatic carbocycles. The molecule has 1 N–H and O–H groups in total. The SMILES string of the molecule is CCC(C#N)N1CCCC(NC)C1. The molecule has 0 aromatic carbocycles. The maximum absolute atomic E-state index is 8.93. The third-order valence-corrected chi connectivity index (χ3v) is 2.84. The summed E-state index contributed by atoms with van der Waals surface area (Å²) in [6.07, 6.45) is 3.39. The Morgan fingerprint density at radius 3 is 3.00 bits per heavy atom. The smallest absolute Gasteiger partial charge is 0.0975 e. The van der Waals surface area contributed by atoms with E-state index in [9.17, 15) is 0 Å². The van der Waals surface area contributed by atoms with E-state index in [4.69, 9.17) is 5.26 Å². The Morgan fingerprint density at radius 1 is 1.69 bits per heavy atom. The van der Waals surface area contributed by atoms with E-state index in [1.165, 1.54) is 12.8 Å². The van der Waals surface area contributed by atoms with Crippen molar-refractivity contribution in [3.05, 3.63) is 0 Å². The first-order chi connectivity index (χ1) is 6.31. The Bertz CT molecular complexity index is 185. The van der Waals surface area contributed by atoms with Crippen molar-refractivity contribution >= 4 is 0 Å². The summed E-state index contributed by atoms with van der Waals surface area (Å²) in [5.41, 5.74) is 0. The van der Waals surface area contributed by atoms with Crippen molar-refractivity contribution < 1.29 is 0 Å². The summed E-state index contributed by atoms with van der Waals surface area (Å²) in [6, 6.07) is 3.07. The van der Waals surface area contributed by atoms with Crippen molar-refractivity contribution in [2.45, 2.75) is 38.3 Å². The van der Waals surface area contributed by atoms with Gasteiger partial charge in [0.1, 0.15) is 0 Å². The summed E-state index contributed by atoms with van der Waals surface area (Å²) < 4.78 is 0. The van der Waals surface area contributed by atoms with Crippen LogP contribution in [0.25, 0.3) is 0 Å². The molecule has 3 heteroatoms. The van der Waals surface area contributed by atoms with Crippen molar-refractivity contribution in [1.29, 1.82) is 5.26 Å². The van der Waals surface area contributed by atoms with Crippen LogP contribution < -0.4 is 5.32 Å². The number of nitriles is 1. The topological polar surface area (TPSA) is 39.1 Å². The van der Waals surface area contributed by atoms with Gasteiger partial charge in [-0.15, -0.1) is 0 Å². The molecule has 13 heavy (non-hydrogen) atoms. The summed E-state index contributed by atoms with van der Waals surface area (Å²) in [6.45, 7) is 4.20. The van der Waals surface area contributed by atoms with E-state index in [1.807, 2.05) is 7.05 Å². The van der Waals surface area contributed by atoms with Gasteiger partial charge in [-0.1, -0.05) is 6.92 Å². The third-order valence-electron chi connectivity index (χ3n) is 2.84. The zero-order chi connectivity index (χ0) is 9.68. The molecule has 1 aliphatic heterocycles. The zero-order valence-electron chi connectivity index (χ0n) is 8.58. The Hall–Kier alpha value is -0.590. The Kier molecular flexibility index (Phi) is 4.20. The van der Waals surface area contributed by atoms with Crippen LogP contribution >= 0.6 is 0 Å². The van der Waals surface area contributed by atoms with Gasteiger partial charge in [-0.05, 0) is 32.9 Å². The maximum Gasteiger partial charge on any atom is 0.0975 e. The number of piperidine rings is 1. The molecular weight excluding hydrogens is 162 g/mol. The molecule has 0 aromatic rings. The normalized spacial score (nSPS) is 26.7. The fraction of sp³-hybridized carbons (Fsp3) is 0.900. The molecule has 0 radical (unpaired) electrons. The lowest BCUT2D eigenvalue weighted by Gasteiger charge is -2.34. The van der Waals surface area contributed by atoms with Crippen LogP contribution in [0.5, 0.6) is 0 Å². The van der Waals surface area contributed by atoms with E-state index in [0.717, 1.165) is 19.5 Å². The number of likely N-dealkylation sites (N-methyl/N-ethyl adjacent to an activating group) is 1. The highest BCUT2D eigenvalue weighted by atomic mass is 15.2. The number of hydrogen-bond acceptors (Lipinski definition) is 3. The third kappa shape index (κ3) is 2.68. The van der Waals surface area contributed by atoms with Crippen molar-refractivity contribution in [1.82, 2.24) is 10.2 Å². The highest BCUT2D eigenvalue weighted by Crippen LogP contribution is 2.14. The lowest BCUT2D eigenvalue weighted by atomic mass is 10.0. The molecule has 2 atom stereocenters. The number of hydrogen-bond donors (Lipinski definition) is 1. The van der Waals surface area contributed by atoms with Gasteiger partial charge in [0.05, 0.1) is 12.1 Å². The largest absolute Gasteiger partial charge is 0.316 e. The Morgan fingerprint density at radius 2 is 2.46 bits per heavy atom. The second-order valence-electron chi connectivity index (χ2n) is 3.68. The van der Waals surface area contributed by atoms with Gasteiger partial charge in [0.2, 0.25) is 0 Å². The van der Waals surface area contributed by atoms with Crippen LogP contribution in [0.3, 0.4) is 0 Å². The first kappa shape index (κ1) is 10.5. The molecule has 1 fully saturated rings. The van der Waals surface area contributed by atoms with Crippen LogP contribution in [-0.4, -0.2) is 37.1 Å². The van der Waals surface area contributed by atoms with Crippen LogP contribution in [0, 0.1) is 11.3 Å². The van der Waals surface area contributed by atoms with Gasteiger partial charge in [0, 0.05) is 12.6 Å². The fourth-order valence-electron chi connectivity index (χ4n) is 1.96. The molecular formula is C10H19N3. The molecule has 1 rings (SSSR count). The summed E-state index contributed by atoms with van der Waals surface area (Å²) in [5, 5.41) is 12.2. The second-order valence-corrected chi connectivity index (χ2v) is 3.68. The maximum atomic E-state index is 8.93. The van der Waals surface area contributed by atoms with Crippen LogP contribution in [-0.2, 0) is 0 Å². The minimum Gasteiger partial charge on any atom is -0.316 e. The molecule has 0 saturated carbocycles. The molecule has 0 amide bonds. The van der Waals surface area contributed by atoms with E-state index < -0.39 is 0 Å². The van der Waals surface area contributed by atoms with E-state index in [0.29, 0.717) is 6.04 Å². The van der Waals surface area contributed by atoms with Gasteiger partial charge in [-0.2, -0.15) is 5.26 Å². The van der Waals surface area contributed by atoms with Gasteiger partial charge in [-0.3, -0.25) is 4.90 Å². The minimum absolute atomic E-state index is 0.121.